The summed E-state index contributed by atoms with van der Waals surface area (Å²) in [4.78, 5) is 9.09. The van der Waals surface area contributed by atoms with Crippen molar-refractivity contribution < 1.29 is 9.47 Å². The van der Waals surface area contributed by atoms with Crippen LogP contribution in [0.15, 0.2) is 36.5 Å². The molecule has 0 saturated heterocycles. The van der Waals surface area contributed by atoms with E-state index < -0.39 is 0 Å². The highest BCUT2D eigenvalue weighted by atomic mass is 32.1. The van der Waals surface area contributed by atoms with E-state index in [1.807, 2.05) is 37.3 Å². The number of aromatic nitrogens is 6. The van der Waals surface area contributed by atoms with Crippen molar-refractivity contribution in [3.05, 3.63) is 52.2 Å². The van der Waals surface area contributed by atoms with E-state index >= 15 is 0 Å². The summed E-state index contributed by atoms with van der Waals surface area (Å²) in [6.45, 7) is 3.10. The van der Waals surface area contributed by atoms with E-state index in [-0.39, 0.29) is 0 Å². The first-order valence-corrected chi connectivity index (χ1v) is 10.5. The number of pyridine rings is 1. The van der Waals surface area contributed by atoms with E-state index in [1.165, 1.54) is 0 Å². The molecule has 0 unspecified atom stereocenters. The maximum Gasteiger partial charge on any atom is 0.219 e. The Morgan fingerprint density at radius 1 is 1.20 bits per heavy atom. The Balaban J connectivity index is 1.26. The fraction of sp³-hybridized carbons (Fsp3) is 0.350. The van der Waals surface area contributed by atoms with E-state index in [0.717, 1.165) is 33.6 Å². The number of rotatable bonds is 8. The number of methoxy groups -OCH3 is 1. The molecule has 0 amide bonds. The van der Waals surface area contributed by atoms with Crippen molar-refractivity contribution in [2.75, 3.05) is 19.0 Å². The second-order valence-electron chi connectivity index (χ2n) is 7.17. The minimum atomic E-state index is 0.400. The van der Waals surface area contributed by atoms with Gasteiger partial charge >= 0.3 is 0 Å². The largest absolute Gasteiger partial charge is 0.481 e. The average molecular weight is 424 g/mol. The first-order valence-electron chi connectivity index (χ1n) is 9.71. The van der Waals surface area contributed by atoms with Crippen LogP contribution in [0.5, 0.6) is 11.8 Å². The molecule has 10 heteroatoms. The first kappa shape index (κ1) is 18.7. The summed E-state index contributed by atoms with van der Waals surface area (Å²) in [5.74, 6) is 2.84. The van der Waals surface area contributed by atoms with Gasteiger partial charge in [-0.05, 0) is 19.4 Å². The number of nitrogens with one attached hydrogen (secondary N) is 1. The summed E-state index contributed by atoms with van der Waals surface area (Å²) in [7, 11) is 1.63. The zero-order valence-electron chi connectivity index (χ0n) is 16.6. The molecule has 9 nitrogen and oxygen atoms in total. The fourth-order valence-electron chi connectivity index (χ4n) is 3.40. The van der Waals surface area contributed by atoms with Gasteiger partial charge in [0.1, 0.15) is 15.8 Å². The molecule has 2 atom stereocenters. The fourth-order valence-corrected chi connectivity index (χ4v) is 4.05. The van der Waals surface area contributed by atoms with Crippen LogP contribution in [0.2, 0.25) is 0 Å². The van der Waals surface area contributed by atoms with Crippen LogP contribution in [-0.4, -0.2) is 43.5 Å². The number of hydrogen-bond donors (Lipinski definition) is 1. The lowest BCUT2D eigenvalue weighted by atomic mass is 10.2. The van der Waals surface area contributed by atoms with Gasteiger partial charge in [0.2, 0.25) is 11.8 Å². The van der Waals surface area contributed by atoms with Gasteiger partial charge in [-0.2, -0.15) is 14.6 Å². The van der Waals surface area contributed by atoms with Gasteiger partial charge in [-0.1, -0.05) is 17.4 Å². The highest BCUT2D eigenvalue weighted by Gasteiger charge is 2.40. The molecule has 5 rings (SSSR count). The zero-order chi connectivity index (χ0) is 20.5. The third kappa shape index (κ3) is 3.90. The smallest absolute Gasteiger partial charge is 0.219 e. The molecule has 1 fully saturated rings. The Labute approximate surface area is 177 Å². The van der Waals surface area contributed by atoms with Crippen molar-refractivity contribution >= 4 is 22.8 Å². The van der Waals surface area contributed by atoms with Gasteiger partial charge in [-0.15, -0.1) is 10.2 Å². The summed E-state index contributed by atoms with van der Waals surface area (Å²) >= 11 is 1.57. The second-order valence-corrected chi connectivity index (χ2v) is 8.43. The quantitative estimate of drug-likeness (QED) is 0.462. The lowest BCUT2D eigenvalue weighted by molar-refractivity contribution is 0.286. The Morgan fingerprint density at radius 3 is 2.97 bits per heavy atom. The van der Waals surface area contributed by atoms with Gasteiger partial charge in [-0.25, -0.2) is 4.98 Å². The summed E-state index contributed by atoms with van der Waals surface area (Å²) in [6.07, 6.45) is 2.77. The molecule has 1 aliphatic carbocycles. The molecular formula is C20H21N7O2S. The van der Waals surface area contributed by atoms with Crippen molar-refractivity contribution in [1.29, 1.82) is 0 Å². The molecule has 30 heavy (non-hydrogen) atoms. The van der Waals surface area contributed by atoms with Crippen LogP contribution in [0, 0.1) is 12.8 Å². The lowest BCUT2D eigenvalue weighted by Gasteiger charge is -2.10. The van der Waals surface area contributed by atoms with E-state index in [0.29, 0.717) is 36.7 Å². The number of nitrogens with zero attached hydrogens (tertiary/aromatic N) is 6. The normalized spacial score (nSPS) is 17.8. The third-order valence-corrected chi connectivity index (χ3v) is 5.87. The molecule has 0 radical (unpaired) electrons. The van der Waals surface area contributed by atoms with E-state index in [1.54, 1.807) is 29.2 Å². The zero-order valence-corrected chi connectivity index (χ0v) is 17.5. The minimum absolute atomic E-state index is 0.400. The molecule has 4 heterocycles. The number of anilines is 1. The van der Waals surface area contributed by atoms with Gasteiger partial charge in [-0.3, -0.25) is 0 Å². The van der Waals surface area contributed by atoms with Gasteiger partial charge in [0.15, 0.2) is 5.65 Å². The molecule has 1 saturated carbocycles. The average Bonchev–Trinajstić information content (AvgIpc) is 3.17. The van der Waals surface area contributed by atoms with Crippen LogP contribution in [-0.2, 0) is 6.54 Å². The topological polar surface area (TPSA) is 99.4 Å². The van der Waals surface area contributed by atoms with Crippen molar-refractivity contribution in [3.8, 4) is 11.8 Å². The van der Waals surface area contributed by atoms with E-state index in [4.69, 9.17) is 9.47 Å². The number of fused-ring (bicyclic) bond motifs is 1. The van der Waals surface area contributed by atoms with Gasteiger partial charge in [0.05, 0.1) is 26.5 Å². The molecule has 0 aliphatic heterocycles. The standard InChI is InChI=1S/C20H21N7O2S/c1-12-25-26-20(30-12)10-21-17-9-19(24-16-6-7-22-27(16)17)29-11-13-8-14(13)15-4-3-5-18(23-15)28-2/h3-7,9,13-14,21H,8,10-11H2,1-2H3/t13-,14+/m0/s1. The van der Waals surface area contributed by atoms with Crippen LogP contribution in [0.1, 0.15) is 28.0 Å². The maximum absolute atomic E-state index is 6.04. The molecule has 1 N–H and O–H groups in total. The van der Waals surface area contributed by atoms with E-state index in [9.17, 15) is 0 Å². The van der Waals surface area contributed by atoms with Gasteiger partial charge in [0.25, 0.3) is 0 Å². The van der Waals surface area contributed by atoms with Crippen molar-refractivity contribution in [1.82, 2.24) is 29.8 Å². The SMILES string of the molecule is COc1cccc([C@@H]2C[C@H]2COc2cc(NCc3nnc(C)s3)n3nccc3n2)n1. The maximum atomic E-state index is 6.04. The Bertz CT molecular complexity index is 1170. The van der Waals surface area contributed by atoms with Crippen LogP contribution in [0.25, 0.3) is 5.65 Å². The molecule has 0 aromatic carbocycles. The van der Waals surface area contributed by atoms with Crippen LogP contribution in [0.4, 0.5) is 5.82 Å². The molecule has 154 valence electrons. The van der Waals surface area contributed by atoms with Gasteiger partial charge in [0, 0.05) is 35.7 Å². The molecule has 4 aromatic heterocycles. The van der Waals surface area contributed by atoms with E-state index in [2.05, 4.69) is 30.6 Å². The summed E-state index contributed by atoms with van der Waals surface area (Å²) in [5.41, 5.74) is 1.78. The van der Waals surface area contributed by atoms with Crippen LogP contribution >= 0.6 is 11.3 Å². The molecule has 0 spiro atoms. The highest BCUT2D eigenvalue weighted by molar-refractivity contribution is 7.11. The Morgan fingerprint density at radius 2 is 2.13 bits per heavy atom. The third-order valence-electron chi connectivity index (χ3n) is 5.03. The number of ether oxygens (including phenoxy) is 2. The molecule has 0 bridgehead atoms. The van der Waals surface area contributed by atoms with Crippen molar-refractivity contribution in [3.63, 3.8) is 0 Å². The predicted molar refractivity (Wildman–Crippen MR) is 112 cm³/mol. The summed E-state index contributed by atoms with van der Waals surface area (Å²) < 4.78 is 13.0. The summed E-state index contributed by atoms with van der Waals surface area (Å²) in [6, 6.07) is 9.60. The first-order chi connectivity index (χ1) is 14.7. The highest BCUT2D eigenvalue weighted by Crippen LogP contribution is 2.47. The molecule has 4 aromatic rings. The molecular weight excluding hydrogens is 402 g/mol. The second kappa shape index (κ2) is 7.86. The van der Waals surface area contributed by atoms with Crippen LogP contribution in [0.3, 0.4) is 0 Å². The van der Waals surface area contributed by atoms with Crippen molar-refractivity contribution in [2.24, 2.45) is 5.92 Å². The lowest BCUT2D eigenvalue weighted by Crippen LogP contribution is -2.08. The Kier molecular flexibility index (Phi) is 4.91. The number of hydrogen-bond acceptors (Lipinski definition) is 9. The van der Waals surface area contributed by atoms with Crippen molar-refractivity contribution in [2.45, 2.75) is 25.8 Å². The Hall–Kier alpha value is -3.27. The monoisotopic (exact) mass is 423 g/mol. The van der Waals surface area contributed by atoms with Crippen LogP contribution < -0.4 is 14.8 Å². The summed E-state index contributed by atoms with van der Waals surface area (Å²) in [5, 5.41) is 17.8. The number of aryl methyl sites for hydroxylation is 1. The van der Waals surface area contributed by atoms with Gasteiger partial charge < -0.3 is 14.8 Å². The molecule has 1 aliphatic rings. The minimum Gasteiger partial charge on any atom is -0.481 e. The predicted octanol–water partition coefficient (Wildman–Crippen LogP) is 3.09.